The summed E-state index contributed by atoms with van der Waals surface area (Å²) in [4.78, 5) is 28.0. The number of benzene rings is 1. The van der Waals surface area contributed by atoms with Crippen LogP contribution in [0.5, 0.6) is 11.5 Å². The fourth-order valence-corrected chi connectivity index (χ4v) is 2.15. The number of hydrogen-bond donors (Lipinski definition) is 2. The summed E-state index contributed by atoms with van der Waals surface area (Å²) in [5.41, 5.74) is 1.17. The topological polar surface area (TPSA) is 89.5 Å². The van der Waals surface area contributed by atoms with Gasteiger partial charge in [0.05, 0.1) is 24.9 Å². The predicted octanol–water partition coefficient (Wildman–Crippen LogP) is 2.64. The van der Waals surface area contributed by atoms with Gasteiger partial charge in [0.25, 0.3) is 0 Å². The number of amides is 2. The zero-order valence-corrected chi connectivity index (χ0v) is 14.1. The second-order valence-electron chi connectivity index (χ2n) is 4.81. The summed E-state index contributed by atoms with van der Waals surface area (Å²) < 4.78 is 10.2. The third-order valence-corrected chi connectivity index (χ3v) is 3.38. The molecule has 2 rings (SSSR count). The summed E-state index contributed by atoms with van der Waals surface area (Å²) in [6.07, 6.45) is 1.54. The van der Waals surface area contributed by atoms with Crippen LogP contribution < -0.4 is 20.1 Å². The van der Waals surface area contributed by atoms with Crippen LogP contribution >= 0.6 is 11.6 Å². The lowest BCUT2D eigenvalue weighted by Crippen LogP contribution is -2.29. The third kappa shape index (κ3) is 4.14. The van der Waals surface area contributed by atoms with Crippen molar-refractivity contribution in [2.45, 2.75) is 6.92 Å². The van der Waals surface area contributed by atoms with Gasteiger partial charge in [0.1, 0.15) is 17.3 Å². The van der Waals surface area contributed by atoms with Crippen molar-refractivity contribution < 1.29 is 19.1 Å². The molecule has 7 nitrogen and oxygen atoms in total. The van der Waals surface area contributed by atoms with Crippen molar-refractivity contribution in [2.75, 3.05) is 24.9 Å². The highest BCUT2D eigenvalue weighted by Gasteiger charge is 2.18. The van der Waals surface area contributed by atoms with E-state index in [4.69, 9.17) is 21.1 Å². The first-order chi connectivity index (χ1) is 11.4. The molecule has 24 heavy (non-hydrogen) atoms. The molecule has 8 heteroatoms. The summed E-state index contributed by atoms with van der Waals surface area (Å²) in [6, 6.07) is 6.38. The van der Waals surface area contributed by atoms with Gasteiger partial charge in [-0.15, -0.1) is 0 Å². The highest BCUT2D eigenvalue weighted by molar-refractivity contribution is 6.43. The Kier molecular flexibility index (Phi) is 5.59. The molecule has 0 bridgehead atoms. The fourth-order valence-electron chi connectivity index (χ4n) is 1.91. The van der Waals surface area contributed by atoms with Gasteiger partial charge < -0.3 is 20.1 Å². The Morgan fingerprint density at radius 2 is 1.71 bits per heavy atom. The lowest BCUT2D eigenvalue weighted by Gasteiger charge is -2.13. The number of hydrogen-bond acceptors (Lipinski definition) is 5. The van der Waals surface area contributed by atoms with Crippen molar-refractivity contribution in [3.63, 3.8) is 0 Å². The average molecular weight is 350 g/mol. The summed E-state index contributed by atoms with van der Waals surface area (Å²) in [7, 11) is 2.86. The highest BCUT2D eigenvalue weighted by atomic mass is 35.5. The van der Waals surface area contributed by atoms with Crippen molar-refractivity contribution in [1.29, 1.82) is 0 Å². The monoisotopic (exact) mass is 349 g/mol. The number of anilines is 2. The van der Waals surface area contributed by atoms with Crippen molar-refractivity contribution in [3.05, 3.63) is 41.0 Å². The number of methoxy groups -OCH3 is 2. The average Bonchev–Trinajstić information content (AvgIpc) is 2.55. The molecule has 0 atom stereocenters. The van der Waals surface area contributed by atoms with Crippen molar-refractivity contribution >= 4 is 34.9 Å². The van der Waals surface area contributed by atoms with Gasteiger partial charge in [0.2, 0.25) is 0 Å². The number of pyridine rings is 1. The predicted molar refractivity (Wildman–Crippen MR) is 90.8 cm³/mol. The lowest BCUT2D eigenvalue weighted by atomic mass is 10.2. The van der Waals surface area contributed by atoms with Gasteiger partial charge in [-0.25, -0.2) is 4.98 Å². The van der Waals surface area contributed by atoms with E-state index in [1.807, 2.05) is 6.92 Å². The number of ether oxygens (including phenoxy) is 2. The van der Waals surface area contributed by atoms with Gasteiger partial charge in [0.15, 0.2) is 0 Å². The van der Waals surface area contributed by atoms with Crippen LogP contribution in [0.2, 0.25) is 5.02 Å². The SMILES string of the molecule is COc1cc(NC(=O)C(=O)Nc2cc(C)ccn2)c(OC)cc1Cl. The number of nitrogens with zero attached hydrogens (tertiary/aromatic N) is 1. The number of carbonyl (C=O) groups excluding carboxylic acids is 2. The van der Waals surface area contributed by atoms with E-state index in [0.29, 0.717) is 16.5 Å². The fraction of sp³-hybridized carbons (Fsp3) is 0.188. The van der Waals surface area contributed by atoms with Gasteiger partial charge in [-0.1, -0.05) is 11.6 Å². The van der Waals surface area contributed by atoms with Gasteiger partial charge in [-0.2, -0.15) is 0 Å². The molecule has 1 aromatic heterocycles. The molecule has 0 saturated carbocycles. The minimum absolute atomic E-state index is 0.260. The molecular weight excluding hydrogens is 334 g/mol. The lowest BCUT2D eigenvalue weighted by molar-refractivity contribution is -0.133. The maximum absolute atomic E-state index is 12.1. The van der Waals surface area contributed by atoms with Crippen LogP contribution in [0, 0.1) is 6.92 Å². The molecule has 1 heterocycles. The van der Waals surface area contributed by atoms with Crippen LogP contribution in [0.1, 0.15) is 5.56 Å². The number of aryl methyl sites for hydroxylation is 1. The van der Waals surface area contributed by atoms with E-state index in [1.165, 1.54) is 32.5 Å². The van der Waals surface area contributed by atoms with Crippen LogP contribution in [0.25, 0.3) is 0 Å². The van der Waals surface area contributed by atoms with Gasteiger partial charge in [-0.05, 0) is 24.6 Å². The van der Waals surface area contributed by atoms with E-state index in [-0.39, 0.29) is 11.5 Å². The van der Waals surface area contributed by atoms with Gasteiger partial charge >= 0.3 is 11.8 Å². The van der Waals surface area contributed by atoms with E-state index in [0.717, 1.165) is 5.56 Å². The van der Waals surface area contributed by atoms with E-state index >= 15 is 0 Å². The molecule has 126 valence electrons. The zero-order valence-electron chi connectivity index (χ0n) is 13.3. The molecule has 2 N–H and O–H groups in total. The molecule has 0 fully saturated rings. The molecule has 0 spiro atoms. The Balaban J connectivity index is 2.15. The highest BCUT2D eigenvalue weighted by Crippen LogP contribution is 2.35. The zero-order chi connectivity index (χ0) is 17.7. The minimum atomic E-state index is -0.874. The second-order valence-corrected chi connectivity index (χ2v) is 5.22. The summed E-state index contributed by atoms with van der Waals surface area (Å²) in [5, 5.41) is 5.20. The number of rotatable bonds is 4. The Labute approximate surface area is 143 Å². The first-order valence-corrected chi connectivity index (χ1v) is 7.29. The van der Waals surface area contributed by atoms with Crippen LogP contribution in [0.15, 0.2) is 30.5 Å². The maximum atomic E-state index is 12.1. The number of nitrogens with one attached hydrogen (secondary N) is 2. The van der Waals surface area contributed by atoms with Crippen LogP contribution in [0.3, 0.4) is 0 Å². The molecule has 2 aromatic rings. The molecule has 0 saturated heterocycles. The Morgan fingerprint density at radius 1 is 1.04 bits per heavy atom. The first kappa shape index (κ1) is 17.6. The van der Waals surface area contributed by atoms with Crippen LogP contribution in [-0.2, 0) is 9.59 Å². The van der Waals surface area contributed by atoms with E-state index in [1.54, 1.807) is 12.1 Å². The van der Waals surface area contributed by atoms with E-state index in [2.05, 4.69) is 15.6 Å². The van der Waals surface area contributed by atoms with E-state index < -0.39 is 11.8 Å². The molecule has 0 unspecified atom stereocenters. The van der Waals surface area contributed by atoms with Crippen LogP contribution in [-0.4, -0.2) is 31.0 Å². The molecule has 0 aliphatic carbocycles. The molecule has 0 radical (unpaired) electrons. The second kappa shape index (κ2) is 7.65. The summed E-state index contributed by atoms with van der Waals surface area (Å²) in [6.45, 7) is 1.85. The molecular formula is C16H16ClN3O4. The Hall–Kier alpha value is -2.80. The van der Waals surface area contributed by atoms with E-state index in [9.17, 15) is 9.59 Å². The first-order valence-electron chi connectivity index (χ1n) is 6.91. The Morgan fingerprint density at radius 3 is 2.33 bits per heavy atom. The Bertz CT molecular complexity index is 780. The van der Waals surface area contributed by atoms with Crippen molar-refractivity contribution in [2.24, 2.45) is 0 Å². The number of aromatic nitrogens is 1. The quantitative estimate of drug-likeness (QED) is 0.828. The standard InChI is InChI=1S/C16H16ClN3O4/c1-9-4-5-18-14(6-9)20-16(22)15(21)19-11-8-12(23-2)10(17)7-13(11)24-3/h4-8H,1-3H3,(H,19,21)(H,18,20,22). The van der Waals surface area contributed by atoms with Gasteiger partial charge in [0, 0.05) is 18.3 Å². The molecule has 0 aliphatic heterocycles. The third-order valence-electron chi connectivity index (χ3n) is 3.09. The number of carbonyl (C=O) groups is 2. The van der Waals surface area contributed by atoms with Crippen LogP contribution in [0.4, 0.5) is 11.5 Å². The molecule has 2 amide bonds. The normalized spacial score (nSPS) is 10.0. The summed E-state index contributed by atoms with van der Waals surface area (Å²) >= 11 is 6.00. The minimum Gasteiger partial charge on any atom is -0.495 e. The molecule has 1 aromatic carbocycles. The largest absolute Gasteiger partial charge is 0.495 e. The van der Waals surface area contributed by atoms with Gasteiger partial charge in [-0.3, -0.25) is 9.59 Å². The van der Waals surface area contributed by atoms with Crippen molar-refractivity contribution in [3.8, 4) is 11.5 Å². The summed E-state index contributed by atoms with van der Waals surface area (Å²) in [5.74, 6) is -0.801. The number of halogens is 1. The maximum Gasteiger partial charge on any atom is 0.315 e. The van der Waals surface area contributed by atoms with Crippen molar-refractivity contribution in [1.82, 2.24) is 4.98 Å². The molecule has 0 aliphatic rings. The smallest absolute Gasteiger partial charge is 0.315 e.